The molecular weight excluding hydrogens is 238 g/mol. The van der Waals surface area contributed by atoms with Crippen LogP contribution in [0.4, 0.5) is 5.13 Å². The number of hydrogen-bond acceptors (Lipinski definition) is 5. The van der Waals surface area contributed by atoms with E-state index in [0.29, 0.717) is 0 Å². The zero-order valence-electron chi connectivity index (χ0n) is 7.45. The number of nitrogens with one attached hydrogen (secondary N) is 1. The molecule has 0 aromatic carbocycles. The Bertz CT molecular complexity index is 383. The summed E-state index contributed by atoms with van der Waals surface area (Å²) in [5, 5.41) is 12.9. The van der Waals surface area contributed by atoms with E-state index in [1.165, 1.54) is 4.88 Å². The number of aromatic nitrogens is 2. The smallest absolute Gasteiger partial charge is 0.205 e. The summed E-state index contributed by atoms with van der Waals surface area (Å²) >= 11 is 8.94. The maximum atomic E-state index is 5.81. The van der Waals surface area contributed by atoms with Crippen LogP contribution < -0.4 is 5.32 Å². The summed E-state index contributed by atoms with van der Waals surface area (Å²) in [6.07, 6.45) is 0. The predicted octanol–water partition coefficient (Wildman–Crippen LogP) is 3.17. The van der Waals surface area contributed by atoms with Crippen LogP contribution in [0, 0.1) is 6.92 Å². The minimum absolute atomic E-state index is 0.756. The van der Waals surface area contributed by atoms with Crippen LogP contribution >= 0.6 is 34.3 Å². The van der Waals surface area contributed by atoms with E-state index in [1.807, 2.05) is 19.1 Å². The van der Waals surface area contributed by atoms with E-state index in [4.69, 9.17) is 11.6 Å². The average molecular weight is 246 g/mol. The van der Waals surface area contributed by atoms with Gasteiger partial charge >= 0.3 is 0 Å². The first-order valence-electron chi connectivity index (χ1n) is 4.02. The summed E-state index contributed by atoms with van der Waals surface area (Å²) in [6, 6.07) is 3.91. The molecule has 0 aliphatic rings. The monoisotopic (exact) mass is 245 g/mol. The van der Waals surface area contributed by atoms with Crippen molar-refractivity contribution < 1.29 is 0 Å². The van der Waals surface area contributed by atoms with E-state index >= 15 is 0 Å². The molecule has 0 radical (unpaired) electrons. The van der Waals surface area contributed by atoms with E-state index < -0.39 is 0 Å². The molecule has 2 aromatic heterocycles. The van der Waals surface area contributed by atoms with Crippen molar-refractivity contribution in [2.75, 3.05) is 5.32 Å². The van der Waals surface area contributed by atoms with Gasteiger partial charge in [-0.2, -0.15) is 0 Å². The Kier molecular flexibility index (Phi) is 3.00. The minimum Gasteiger partial charge on any atom is -0.355 e. The summed E-state index contributed by atoms with van der Waals surface area (Å²) in [4.78, 5) is 1.20. The Morgan fingerprint density at radius 1 is 1.36 bits per heavy atom. The third kappa shape index (κ3) is 2.43. The van der Waals surface area contributed by atoms with Gasteiger partial charge in [0.1, 0.15) is 5.01 Å². The standard InChI is InChI=1S/C8H8ClN3S2/c1-5-11-12-8(13-5)10-4-6-2-3-7(9)14-6/h2-3H,4H2,1H3,(H,10,12). The number of halogens is 1. The molecule has 14 heavy (non-hydrogen) atoms. The normalized spacial score (nSPS) is 10.4. The first-order chi connectivity index (χ1) is 6.74. The van der Waals surface area contributed by atoms with Crippen LogP contribution in [0.15, 0.2) is 12.1 Å². The van der Waals surface area contributed by atoms with Gasteiger partial charge in [0, 0.05) is 4.88 Å². The summed E-state index contributed by atoms with van der Waals surface area (Å²) < 4.78 is 0.815. The van der Waals surface area contributed by atoms with E-state index in [-0.39, 0.29) is 0 Å². The lowest BCUT2D eigenvalue weighted by Gasteiger charge is -1.97. The SMILES string of the molecule is Cc1nnc(NCc2ccc(Cl)s2)s1. The molecule has 6 heteroatoms. The van der Waals surface area contributed by atoms with Crippen LogP contribution in [0.3, 0.4) is 0 Å². The molecule has 0 saturated carbocycles. The van der Waals surface area contributed by atoms with Gasteiger partial charge in [0.25, 0.3) is 0 Å². The van der Waals surface area contributed by atoms with Crippen LogP contribution in [-0.4, -0.2) is 10.2 Å². The summed E-state index contributed by atoms with van der Waals surface area (Å²) in [6.45, 7) is 2.69. The van der Waals surface area contributed by atoms with Crippen molar-refractivity contribution in [2.24, 2.45) is 0 Å². The molecule has 0 fully saturated rings. The average Bonchev–Trinajstić information content (AvgIpc) is 2.72. The van der Waals surface area contributed by atoms with Crippen LogP contribution in [0.5, 0.6) is 0 Å². The highest BCUT2D eigenvalue weighted by molar-refractivity contribution is 7.16. The van der Waals surface area contributed by atoms with E-state index in [0.717, 1.165) is 21.0 Å². The lowest BCUT2D eigenvalue weighted by atomic mass is 10.5. The second-order valence-corrected chi connectivity index (χ2v) is 5.67. The fourth-order valence-electron chi connectivity index (χ4n) is 0.977. The van der Waals surface area contributed by atoms with E-state index in [1.54, 1.807) is 22.7 Å². The largest absolute Gasteiger partial charge is 0.355 e. The lowest BCUT2D eigenvalue weighted by Crippen LogP contribution is -1.96. The fraction of sp³-hybridized carbons (Fsp3) is 0.250. The Labute approximate surface area is 94.8 Å². The molecule has 0 saturated heterocycles. The molecule has 74 valence electrons. The number of hydrogen-bond donors (Lipinski definition) is 1. The number of thiophene rings is 1. The molecular formula is C8H8ClN3S2. The van der Waals surface area contributed by atoms with Crippen LogP contribution in [0.1, 0.15) is 9.88 Å². The topological polar surface area (TPSA) is 37.8 Å². The van der Waals surface area contributed by atoms with Crippen molar-refractivity contribution in [1.82, 2.24) is 10.2 Å². The summed E-state index contributed by atoms with van der Waals surface area (Å²) in [5.41, 5.74) is 0. The molecule has 0 atom stereocenters. The van der Waals surface area contributed by atoms with Crippen molar-refractivity contribution in [3.63, 3.8) is 0 Å². The molecule has 0 aliphatic heterocycles. The quantitative estimate of drug-likeness (QED) is 0.903. The first-order valence-corrected chi connectivity index (χ1v) is 6.03. The summed E-state index contributed by atoms with van der Waals surface area (Å²) in [7, 11) is 0. The molecule has 0 spiro atoms. The number of anilines is 1. The maximum Gasteiger partial charge on any atom is 0.205 e. The van der Waals surface area contributed by atoms with Crippen molar-refractivity contribution in [2.45, 2.75) is 13.5 Å². The van der Waals surface area contributed by atoms with Gasteiger partial charge in [-0.05, 0) is 19.1 Å². The summed E-state index contributed by atoms with van der Waals surface area (Å²) in [5.74, 6) is 0. The molecule has 2 heterocycles. The van der Waals surface area contributed by atoms with Crippen molar-refractivity contribution >= 4 is 39.4 Å². The fourth-order valence-corrected chi connectivity index (χ4v) is 2.59. The highest BCUT2D eigenvalue weighted by Crippen LogP contribution is 2.22. The van der Waals surface area contributed by atoms with Gasteiger partial charge in [0.2, 0.25) is 5.13 Å². The molecule has 0 unspecified atom stereocenters. The van der Waals surface area contributed by atoms with Gasteiger partial charge in [-0.1, -0.05) is 22.9 Å². The maximum absolute atomic E-state index is 5.81. The van der Waals surface area contributed by atoms with Gasteiger partial charge in [0.15, 0.2) is 0 Å². The Balaban J connectivity index is 1.94. The van der Waals surface area contributed by atoms with Crippen LogP contribution in [0.25, 0.3) is 0 Å². The van der Waals surface area contributed by atoms with Gasteiger partial charge in [-0.3, -0.25) is 0 Å². The molecule has 0 aliphatic carbocycles. The molecule has 2 rings (SSSR count). The Morgan fingerprint density at radius 2 is 2.21 bits per heavy atom. The number of nitrogens with zero attached hydrogens (tertiary/aromatic N) is 2. The molecule has 3 nitrogen and oxygen atoms in total. The number of aryl methyl sites for hydroxylation is 1. The third-order valence-electron chi connectivity index (χ3n) is 1.57. The van der Waals surface area contributed by atoms with Crippen molar-refractivity contribution in [3.05, 3.63) is 26.4 Å². The van der Waals surface area contributed by atoms with Gasteiger partial charge in [-0.25, -0.2) is 0 Å². The molecule has 1 N–H and O–H groups in total. The lowest BCUT2D eigenvalue weighted by molar-refractivity contribution is 1.03. The third-order valence-corrected chi connectivity index (χ3v) is 3.60. The van der Waals surface area contributed by atoms with Crippen molar-refractivity contribution in [1.29, 1.82) is 0 Å². The van der Waals surface area contributed by atoms with E-state index in [2.05, 4.69) is 15.5 Å². The predicted molar refractivity (Wildman–Crippen MR) is 61.3 cm³/mol. The highest BCUT2D eigenvalue weighted by Gasteiger charge is 2.01. The second kappa shape index (κ2) is 4.25. The van der Waals surface area contributed by atoms with Gasteiger partial charge in [0.05, 0.1) is 10.9 Å². The van der Waals surface area contributed by atoms with E-state index in [9.17, 15) is 0 Å². The molecule has 0 amide bonds. The Hall–Kier alpha value is -0.650. The molecule has 2 aromatic rings. The minimum atomic E-state index is 0.756. The second-order valence-electron chi connectivity index (χ2n) is 2.69. The Morgan fingerprint density at radius 3 is 2.79 bits per heavy atom. The van der Waals surface area contributed by atoms with Crippen LogP contribution in [0.2, 0.25) is 4.34 Å². The van der Waals surface area contributed by atoms with Crippen LogP contribution in [-0.2, 0) is 6.54 Å². The molecule has 0 bridgehead atoms. The highest BCUT2D eigenvalue weighted by atomic mass is 35.5. The first kappa shape index (κ1) is 9.89. The zero-order chi connectivity index (χ0) is 9.97. The number of rotatable bonds is 3. The van der Waals surface area contributed by atoms with Gasteiger partial charge < -0.3 is 5.32 Å². The van der Waals surface area contributed by atoms with Gasteiger partial charge in [-0.15, -0.1) is 21.5 Å². The van der Waals surface area contributed by atoms with Crippen molar-refractivity contribution in [3.8, 4) is 0 Å². The zero-order valence-corrected chi connectivity index (χ0v) is 9.84.